The maximum Gasteiger partial charge on any atom is 0.107 e. The van der Waals surface area contributed by atoms with Gasteiger partial charge in [0.25, 0.3) is 0 Å². The van der Waals surface area contributed by atoms with Crippen molar-refractivity contribution >= 4 is 0 Å². The third-order valence-electron chi connectivity index (χ3n) is 4.72. The molecule has 1 aliphatic carbocycles. The van der Waals surface area contributed by atoms with Gasteiger partial charge in [0, 0.05) is 5.92 Å². The van der Waals surface area contributed by atoms with E-state index in [1.165, 1.54) is 31.4 Å². The first-order chi connectivity index (χ1) is 9.22. The van der Waals surface area contributed by atoms with Crippen LogP contribution in [0.1, 0.15) is 58.1 Å². The second-order valence-corrected chi connectivity index (χ2v) is 6.40. The summed E-state index contributed by atoms with van der Waals surface area (Å²) in [6, 6.07) is 4.20. The second-order valence-electron chi connectivity index (χ2n) is 6.40. The molecule has 0 amide bonds. The van der Waals surface area contributed by atoms with Crippen molar-refractivity contribution in [3.63, 3.8) is 0 Å². The van der Waals surface area contributed by atoms with Crippen molar-refractivity contribution < 1.29 is 4.42 Å². The van der Waals surface area contributed by atoms with Gasteiger partial charge in [-0.25, -0.2) is 0 Å². The van der Waals surface area contributed by atoms with Crippen LogP contribution in [0.2, 0.25) is 0 Å². The number of furan rings is 1. The van der Waals surface area contributed by atoms with E-state index in [0.29, 0.717) is 5.92 Å². The third-order valence-corrected chi connectivity index (χ3v) is 4.72. The summed E-state index contributed by atoms with van der Waals surface area (Å²) in [7, 11) is 0. The summed E-state index contributed by atoms with van der Waals surface area (Å²) in [5.74, 6) is 4.21. The number of rotatable bonds is 6. The summed E-state index contributed by atoms with van der Waals surface area (Å²) in [5, 5.41) is 3.60. The summed E-state index contributed by atoms with van der Waals surface area (Å²) < 4.78 is 5.71. The SMILES string of the molecule is CCCNCC1CCC(C(C)C)CC1c1ccco1. The first-order valence-electron chi connectivity index (χ1n) is 7.96. The summed E-state index contributed by atoms with van der Waals surface area (Å²) in [6.45, 7) is 9.23. The van der Waals surface area contributed by atoms with E-state index in [4.69, 9.17) is 4.42 Å². The van der Waals surface area contributed by atoms with Gasteiger partial charge in [0.1, 0.15) is 5.76 Å². The second kappa shape index (κ2) is 7.14. The summed E-state index contributed by atoms with van der Waals surface area (Å²) in [5.41, 5.74) is 0. The molecule has 0 aliphatic heterocycles. The van der Waals surface area contributed by atoms with Gasteiger partial charge in [-0.2, -0.15) is 0 Å². The molecule has 1 aliphatic rings. The van der Waals surface area contributed by atoms with Crippen LogP contribution >= 0.6 is 0 Å². The maximum absolute atomic E-state index is 5.71. The topological polar surface area (TPSA) is 25.2 Å². The van der Waals surface area contributed by atoms with Crippen molar-refractivity contribution in [2.24, 2.45) is 17.8 Å². The maximum atomic E-state index is 5.71. The van der Waals surface area contributed by atoms with Gasteiger partial charge < -0.3 is 9.73 Å². The number of hydrogen-bond donors (Lipinski definition) is 1. The Kier molecular flexibility index (Phi) is 5.50. The highest BCUT2D eigenvalue weighted by Crippen LogP contribution is 2.42. The van der Waals surface area contributed by atoms with E-state index in [-0.39, 0.29) is 0 Å². The monoisotopic (exact) mass is 263 g/mol. The van der Waals surface area contributed by atoms with Gasteiger partial charge in [-0.3, -0.25) is 0 Å². The molecule has 2 nitrogen and oxygen atoms in total. The molecule has 3 unspecified atom stereocenters. The molecule has 2 rings (SSSR count). The average Bonchev–Trinajstić information content (AvgIpc) is 2.93. The molecule has 0 spiro atoms. The third kappa shape index (κ3) is 3.85. The predicted octanol–water partition coefficient (Wildman–Crippen LogP) is 4.44. The standard InChI is InChI=1S/C17H29NO/c1-4-9-18-12-15-8-7-14(13(2)3)11-16(15)17-6-5-10-19-17/h5-6,10,13-16,18H,4,7-9,11-12H2,1-3H3. The van der Waals surface area contributed by atoms with Crippen LogP contribution in [0.5, 0.6) is 0 Å². The quantitative estimate of drug-likeness (QED) is 0.768. The molecule has 1 saturated carbocycles. The molecule has 0 radical (unpaired) electrons. The fourth-order valence-corrected chi connectivity index (χ4v) is 3.43. The predicted molar refractivity (Wildman–Crippen MR) is 80.3 cm³/mol. The van der Waals surface area contributed by atoms with Crippen molar-refractivity contribution in [2.45, 2.75) is 52.4 Å². The van der Waals surface area contributed by atoms with Gasteiger partial charge >= 0.3 is 0 Å². The molecular formula is C17H29NO. The van der Waals surface area contributed by atoms with Crippen LogP contribution < -0.4 is 5.32 Å². The zero-order chi connectivity index (χ0) is 13.7. The molecule has 1 N–H and O–H groups in total. The molecule has 2 heteroatoms. The molecule has 0 saturated heterocycles. The molecular weight excluding hydrogens is 234 g/mol. The van der Waals surface area contributed by atoms with E-state index < -0.39 is 0 Å². The fourth-order valence-electron chi connectivity index (χ4n) is 3.43. The van der Waals surface area contributed by atoms with Crippen LogP contribution in [0, 0.1) is 17.8 Å². The molecule has 19 heavy (non-hydrogen) atoms. The van der Waals surface area contributed by atoms with E-state index in [9.17, 15) is 0 Å². The van der Waals surface area contributed by atoms with Crippen molar-refractivity contribution in [3.8, 4) is 0 Å². The number of hydrogen-bond acceptors (Lipinski definition) is 2. The van der Waals surface area contributed by atoms with Crippen molar-refractivity contribution in [1.82, 2.24) is 5.32 Å². The molecule has 0 aromatic carbocycles. The molecule has 108 valence electrons. The van der Waals surface area contributed by atoms with Gasteiger partial charge in [-0.15, -0.1) is 0 Å². The van der Waals surface area contributed by atoms with Crippen LogP contribution in [0.3, 0.4) is 0 Å². The van der Waals surface area contributed by atoms with E-state index in [1.54, 1.807) is 0 Å². The van der Waals surface area contributed by atoms with Crippen molar-refractivity contribution in [2.75, 3.05) is 13.1 Å². The molecule has 1 heterocycles. The first kappa shape index (κ1) is 14.6. The molecule has 3 atom stereocenters. The van der Waals surface area contributed by atoms with Crippen LogP contribution in [0.25, 0.3) is 0 Å². The van der Waals surface area contributed by atoms with Crippen LogP contribution in [-0.4, -0.2) is 13.1 Å². The molecule has 1 fully saturated rings. The fraction of sp³-hybridized carbons (Fsp3) is 0.765. The highest BCUT2D eigenvalue weighted by atomic mass is 16.3. The molecule has 1 aromatic heterocycles. The van der Waals surface area contributed by atoms with Gasteiger partial charge in [-0.05, 0) is 68.7 Å². The largest absolute Gasteiger partial charge is 0.469 e. The lowest BCUT2D eigenvalue weighted by molar-refractivity contribution is 0.175. The highest BCUT2D eigenvalue weighted by Gasteiger charge is 2.33. The Morgan fingerprint density at radius 2 is 2.21 bits per heavy atom. The zero-order valence-corrected chi connectivity index (χ0v) is 12.7. The lowest BCUT2D eigenvalue weighted by atomic mass is 9.69. The van der Waals surface area contributed by atoms with E-state index >= 15 is 0 Å². The normalized spacial score (nSPS) is 27.9. The lowest BCUT2D eigenvalue weighted by Crippen LogP contribution is -2.33. The summed E-state index contributed by atoms with van der Waals surface area (Å²) >= 11 is 0. The molecule has 0 bridgehead atoms. The van der Waals surface area contributed by atoms with Crippen LogP contribution in [0.4, 0.5) is 0 Å². The average molecular weight is 263 g/mol. The Balaban J connectivity index is 2.01. The van der Waals surface area contributed by atoms with E-state index in [0.717, 1.165) is 30.8 Å². The summed E-state index contributed by atoms with van der Waals surface area (Å²) in [4.78, 5) is 0. The zero-order valence-electron chi connectivity index (χ0n) is 12.7. The first-order valence-corrected chi connectivity index (χ1v) is 7.96. The Morgan fingerprint density at radius 1 is 1.37 bits per heavy atom. The smallest absolute Gasteiger partial charge is 0.107 e. The van der Waals surface area contributed by atoms with Gasteiger partial charge in [-0.1, -0.05) is 20.8 Å². The van der Waals surface area contributed by atoms with Gasteiger partial charge in [0.2, 0.25) is 0 Å². The Morgan fingerprint density at radius 3 is 2.84 bits per heavy atom. The van der Waals surface area contributed by atoms with Crippen molar-refractivity contribution in [1.29, 1.82) is 0 Å². The van der Waals surface area contributed by atoms with Gasteiger partial charge in [0.15, 0.2) is 0 Å². The van der Waals surface area contributed by atoms with Gasteiger partial charge in [0.05, 0.1) is 6.26 Å². The van der Waals surface area contributed by atoms with E-state index in [2.05, 4.69) is 32.2 Å². The minimum Gasteiger partial charge on any atom is -0.469 e. The summed E-state index contributed by atoms with van der Waals surface area (Å²) in [6.07, 6.45) is 7.06. The highest BCUT2D eigenvalue weighted by molar-refractivity contribution is 5.09. The number of nitrogens with one attached hydrogen (secondary N) is 1. The molecule has 1 aromatic rings. The Hall–Kier alpha value is -0.760. The van der Waals surface area contributed by atoms with Crippen LogP contribution in [-0.2, 0) is 0 Å². The van der Waals surface area contributed by atoms with E-state index in [1.807, 2.05) is 12.3 Å². The Labute approximate surface area is 118 Å². The van der Waals surface area contributed by atoms with Crippen LogP contribution in [0.15, 0.2) is 22.8 Å². The minimum atomic E-state index is 0.612. The minimum absolute atomic E-state index is 0.612. The van der Waals surface area contributed by atoms with Crippen molar-refractivity contribution in [3.05, 3.63) is 24.2 Å². The lowest BCUT2D eigenvalue weighted by Gasteiger charge is -2.37. The Bertz CT molecular complexity index is 344.